The number of rotatable bonds is 9. The van der Waals surface area contributed by atoms with Gasteiger partial charge in [0.25, 0.3) is 0 Å². The molecule has 110 valence electrons. The first-order valence-electron chi connectivity index (χ1n) is 7.05. The Bertz CT molecular complexity index is 272. The van der Waals surface area contributed by atoms with Crippen LogP contribution in [0.5, 0.6) is 0 Å². The van der Waals surface area contributed by atoms with Crippen LogP contribution in [-0.4, -0.2) is 52.5 Å². The summed E-state index contributed by atoms with van der Waals surface area (Å²) in [5.74, 6) is 0.897. The van der Waals surface area contributed by atoms with Crippen LogP contribution in [0.1, 0.15) is 25.7 Å². The highest BCUT2D eigenvalue weighted by atomic mass is 16.5. The van der Waals surface area contributed by atoms with E-state index >= 15 is 0 Å². The standard InChI is InChI=1S/C14H27N3O2/c1-15-14(17-13-7-3-4-8-13)16-9-5-6-10-19-12-11-18-2/h3-4,13H,5-12H2,1-2H3,(H2,15,16,17). The van der Waals surface area contributed by atoms with Crippen LogP contribution in [0.15, 0.2) is 17.1 Å². The van der Waals surface area contributed by atoms with Crippen LogP contribution in [0.4, 0.5) is 0 Å². The first-order valence-corrected chi connectivity index (χ1v) is 7.05. The molecule has 0 amide bonds. The molecule has 1 rings (SSSR count). The van der Waals surface area contributed by atoms with Crippen molar-refractivity contribution >= 4 is 5.96 Å². The summed E-state index contributed by atoms with van der Waals surface area (Å²) in [7, 11) is 3.50. The van der Waals surface area contributed by atoms with E-state index in [0.29, 0.717) is 19.3 Å². The van der Waals surface area contributed by atoms with Gasteiger partial charge in [0.2, 0.25) is 0 Å². The second-order valence-corrected chi connectivity index (χ2v) is 4.60. The molecular formula is C14H27N3O2. The number of ether oxygens (including phenoxy) is 2. The quantitative estimate of drug-likeness (QED) is 0.287. The SMILES string of the molecule is CN=C(NCCCCOCCOC)NC1CC=CC1. The van der Waals surface area contributed by atoms with Crippen LogP contribution in [0, 0.1) is 0 Å². The molecule has 19 heavy (non-hydrogen) atoms. The van der Waals surface area contributed by atoms with E-state index in [2.05, 4.69) is 27.8 Å². The molecule has 0 aromatic heterocycles. The zero-order chi connectivity index (χ0) is 13.8. The van der Waals surface area contributed by atoms with Crippen LogP contribution < -0.4 is 10.6 Å². The highest BCUT2D eigenvalue weighted by Gasteiger charge is 2.10. The van der Waals surface area contributed by atoms with Gasteiger partial charge < -0.3 is 20.1 Å². The van der Waals surface area contributed by atoms with Crippen molar-refractivity contribution in [2.75, 3.05) is 40.5 Å². The highest BCUT2D eigenvalue weighted by molar-refractivity contribution is 5.80. The van der Waals surface area contributed by atoms with Crippen LogP contribution in [0.2, 0.25) is 0 Å². The average molecular weight is 269 g/mol. The molecule has 0 spiro atoms. The molecule has 0 unspecified atom stereocenters. The van der Waals surface area contributed by atoms with E-state index in [0.717, 1.165) is 44.8 Å². The van der Waals surface area contributed by atoms with Crippen molar-refractivity contribution in [2.24, 2.45) is 4.99 Å². The normalized spacial score (nSPS) is 16.0. The number of nitrogens with zero attached hydrogens (tertiary/aromatic N) is 1. The van der Waals surface area contributed by atoms with Crippen molar-refractivity contribution < 1.29 is 9.47 Å². The Morgan fingerprint density at radius 1 is 1.21 bits per heavy atom. The van der Waals surface area contributed by atoms with Gasteiger partial charge in [-0.15, -0.1) is 0 Å². The van der Waals surface area contributed by atoms with Crippen molar-refractivity contribution in [3.05, 3.63) is 12.2 Å². The Kier molecular flexibility index (Phi) is 9.10. The van der Waals surface area contributed by atoms with E-state index in [1.807, 2.05) is 7.05 Å². The zero-order valence-electron chi connectivity index (χ0n) is 12.2. The minimum absolute atomic E-state index is 0.503. The van der Waals surface area contributed by atoms with Gasteiger partial charge in [-0.3, -0.25) is 4.99 Å². The Morgan fingerprint density at radius 3 is 2.68 bits per heavy atom. The predicted octanol–water partition coefficient (Wildman–Crippen LogP) is 1.31. The molecule has 0 atom stereocenters. The topological polar surface area (TPSA) is 54.9 Å². The third-order valence-corrected chi connectivity index (χ3v) is 3.01. The number of guanidine groups is 1. The van der Waals surface area contributed by atoms with Gasteiger partial charge >= 0.3 is 0 Å². The van der Waals surface area contributed by atoms with Crippen molar-refractivity contribution in [3.8, 4) is 0 Å². The van der Waals surface area contributed by atoms with E-state index in [4.69, 9.17) is 9.47 Å². The maximum Gasteiger partial charge on any atom is 0.191 e. The van der Waals surface area contributed by atoms with Crippen molar-refractivity contribution in [2.45, 2.75) is 31.7 Å². The Morgan fingerprint density at radius 2 is 2.00 bits per heavy atom. The summed E-state index contributed by atoms with van der Waals surface area (Å²) < 4.78 is 10.3. The van der Waals surface area contributed by atoms with E-state index in [1.165, 1.54) is 0 Å². The molecule has 0 radical (unpaired) electrons. The summed E-state index contributed by atoms with van der Waals surface area (Å²) >= 11 is 0. The van der Waals surface area contributed by atoms with Gasteiger partial charge in [0, 0.05) is 33.4 Å². The largest absolute Gasteiger partial charge is 0.382 e. The number of methoxy groups -OCH3 is 1. The predicted molar refractivity (Wildman–Crippen MR) is 78.6 cm³/mol. The Balaban J connectivity index is 1.94. The lowest BCUT2D eigenvalue weighted by Crippen LogP contribution is -2.42. The first kappa shape index (κ1) is 16.0. The van der Waals surface area contributed by atoms with E-state index in [-0.39, 0.29) is 0 Å². The van der Waals surface area contributed by atoms with Crippen molar-refractivity contribution in [1.82, 2.24) is 10.6 Å². The Labute approximate surface area is 116 Å². The molecule has 2 N–H and O–H groups in total. The van der Waals surface area contributed by atoms with E-state index in [9.17, 15) is 0 Å². The second-order valence-electron chi connectivity index (χ2n) is 4.60. The van der Waals surface area contributed by atoms with Gasteiger partial charge in [0.1, 0.15) is 0 Å². The van der Waals surface area contributed by atoms with Crippen molar-refractivity contribution in [3.63, 3.8) is 0 Å². The minimum atomic E-state index is 0.503. The number of hydrogen-bond donors (Lipinski definition) is 2. The molecule has 0 aromatic rings. The lowest BCUT2D eigenvalue weighted by atomic mass is 10.2. The number of aliphatic imine (C=N–C) groups is 1. The lowest BCUT2D eigenvalue weighted by molar-refractivity contribution is 0.0689. The van der Waals surface area contributed by atoms with Gasteiger partial charge in [-0.2, -0.15) is 0 Å². The molecular weight excluding hydrogens is 242 g/mol. The fraction of sp³-hybridized carbons (Fsp3) is 0.786. The number of hydrogen-bond acceptors (Lipinski definition) is 3. The van der Waals surface area contributed by atoms with Gasteiger partial charge in [-0.25, -0.2) is 0 Å². The summed E-state index contributed by atoms with van der Waals surface area (Å²) in [5, 5.41) is 6.74. The van der Waals surface area contributed by atoms with Crippen LogP contribution in [0.3, 0.4) is 0 Å². The molecule has 1 aliphatic rings. The third kappa shape index (κ3) is 7.85. The third-order valence-electron chi connectivity index (χ3n) is 3.01. The molecule has 0 heterocycles. The summed E-state index contributed by atoms with van der Waals surface area (Å²) in [4.78, 5) is 4.23. The fourth-order valence-electron chi connectivity index (χ4n) is 1.90. The zero-order valence-corrected chi connectivity index (χ0v) is 12.2. The average Bonchev–Trinajstić information content (AvgIpc) is 2.93. The summed E-state index contributed by atoms with van der Waals surface area (Å²) in [5.41, 5.74) is 0. The molecule has 0 saturated heterocycles. The van der Waals surface area contributed by atoms with Gasteiger partial charge in [0.05, 0.1) is 13.2 Å². The number of nitrogens with one attached hydrogen (secondary N) is 2. The van der Waals surface area contributed by atoms with Gasteiger partial charge in [-0.05, 0) is 25.7 Å². The maximum absolute atomic E-state index is 5.41. The molecule has 0 aromatic carbocycles. The van der Waals surface area contributed by atoms with E-state index in [1.54, 1.807) is 7.11 Å². The summed E-state index contributed by atoms with van der Waals surface area (Å²) in [6.07, 6.45) is 8.74. The molecule has 0 aliphatic heterocycles. The molecule has 0 fully saturated rings. The van der Waals surface area contributed by atoms with Gasteiger partial charge in [-0.1, -0.05) is 12.2 Å². The highest BCUT2D eigenvalue weighted by Crippen LogP contribution is 2.08. The smallest absolute Gasteiger partial charge is 0.191 e. The monoisotopic (exact) mass is 269 g/mol. The minimum Gasteiger partial charge on any atom is -0.382 e. The lowest BCUT2D eigenvalue weighted by Gasteiger charge is -2.16. The molecule has 5 nitrogen and oxygen atoms in total. The molecule has 0 saturated carbocycles. The second kappa shape index (κ2) is 10.8. The van der Waals surface area contributed by atoms with Crippen LogP contribution in [-0.2, 0) is 9.47 Å². The van der Waals surface area contributed by atoms with Crippen LogP contribution >= 0.6 is 0 Å². The summed E-state index contributed by atoms with van der Waals surface area (Å²) in [6.45, 7) is 3.07. The van der Waals surface area contributed by atoms with Crippen molar-refractivity contribution in [1.29, 1.82) is 0 Å². The maximum atomic E-state index is 5.41. The number of unbranched alkanes of at least 4 members (excludes halogenated alkanes) is 1. The fourth-order valence-corrected chi connectivity index (χ4v) is 1.90. The summed E-state index contributed by atoms with van der Waals surface area (Å²) in [6, 6.07) is 0.503. The molecule has 0 bridgehead atoms. The van der Waals surface area contributed by atoms with Crippen LogP contribution in [0.25, 0.3) is 0 Å². The Hall–Kier alpha value is -1.07. The molecule has 1 aliphatic carbocycles. The first-order chi connectivity index (χ1) is 9.36. The molecule has 5 heteroatoms. The van der Waals surface area contributed by atoms with E-state index < -0.39 is 0 Å². The van der Waals surface area contributed by atoms with Gasteiger partial charge in [0.15, 0.2) is 5.96 Å².